The minimum Gasteiger partial charge on any atom is -0.477 e. The first-order chi connectivity index (χ1) is 13.9. The number of alkyl halides is 1. The summed E-state index contributed by atoms with van der Waals surface area (Å²) in [6.45, 7) is -0.0772. The second-order valence-corrected chi connectivity index (χ2v) is 9.60. The normalized spacial score (nSPS) is 24.4. The summed E-state index contributed by atoms with van der Waals surface area (Å²) < 4.78 is 0. The Morgan fingerprint density at radius 1 is 1.28 bits per heavy atom. The Morgan fingerprint density at radius 3 is 2.76 bits per heavy atom. The van der Waals surface area contributed by atoms with E-state index in [1.54, 1.807) is 12.1 Å². The molecule has 1 aliphatic rings. The zero-order valence-corrected chi connectivity index (χ0v) is 18.1. The minimum atomic E-state index is -0.892. The van der Waals surface area contributed by atoms with Crippen LogP contribution in [0.2, 0.25) is 5.02 Å². The maximum atomic E-state index is 11.0. The van der Waals surface area contributed by atoms with Gasteiger partial charge in [-0.1, -0.05) is 23.8 Å². The number of hydrogen-bond donors (Lipinski definition) is 3. The second kappa shape index (κ2) is 10.1. The number of thiophene rings is 1. The van der Waals surface area contributed by atoms with Crippen molar-refractivity contribution in [3.63, 3.8) is 0 Å². The van der Waals surface area contributed by atoms with Gasteiger partial charge in [-0.2, -0.15) is 0 Å². The molecule has 4 nitrogen and oxygen atoms in total. The van der Waals surface area contributed by atoms with Crippen LogP contribution in [-0.4, -0.2) is 32.8 Å². The van der Waals surface area contributed by atoms with Gasteiger partial charge in [0, 0.05) is 21.2 Å². The summed E-state index contributed by atoms with van der Waals surface area (Å²) in [6.07, 6.45) is 6.54. The van der Waals surface area contributed by atoms with Crippen LogP contribution in [-0.2, 0) is 13.0 Å². The van der Waals surface area contributed by atoms with E-state index in [9.17, 15) is 15.0 Å². The van der Waals surface area contributed by atoms with Gasteiger partial charge in [0.2, 0.25) is 0 Å². The number of carbonyl (C=O) groups is 1. The molecule has 0 aliphatic heterocycles. The topological polar surface area (TPSA) is 77.8 Å². The van der Waals surface area contributed by atoms with Crippen LogP contribution in [0.25, 0.3) is 6.08 Å². The maximum absolute atomic E-state index is 11.0. The van der Waals surface area contributed by atoms with Gasteiger partial charge < -0.3 is 15.3 Å². The van der Waals surface area contributed by atoms with Crippen LogP contribution < -0.4 is 0 Å². The van der Waals surface area contributed by atoms with E-state index in [1.165, 1.54) is 11.3 Å². The molecule has 1 aromatic heterocycles. The molecule has 1 aromatic carbocycles. The molecule has 1 aliphatic carbocycles. The average molecular weight is 455 g/mol. The number of aryl methyl sites for hydroxylation is 1. The third kappa shape index (κ3) is 5.83. The summed E-state index contributed by atoms with van der Waals surface area (Å²) in [7, 11) is 0. The fourth-order valence-corrected chi connectivity index (χ4v) is 5.59. The molecule has 4 atom stereocenters. The van der Waals surface area contributed by atoms with Crippen molar-refractivity contribution in [1.82, 2.24) is 0 Å². The van der Waals surface area contributed by atoms with E-state index in [0.29, 0.717) is 16.3 Å². The van der Waals surface area contributed by atoms with Gasteiger partial charge in [-0.3, -0.25) is 0 Å². The van der Waals surface area contributed by atoms with Crippen LogP contribution in [0.3, 0.4) is 0 Å². The number of aromatic carboxylic acids is 1. The summed E-state index contributed by atoms with van der Waals surface area (Å²) in [5, 5.41) is 29.3. The third-order valence-electron chi connectivity index (χ3n) is 5.38. The van der Waals surface area contributed by atoms with Gasteiger partial charge in [-0.25, -0.2) is 4.79 Å². The number of aliphatic hydroxyl groups is 2. The van der Waals surface area contributed by atoms with E-state index in [1.807, 2.05) is 30.4 Å². The lowest BCUT2D eigenvalue weighted by Gasteiger charge is -2.20. The summed E-state index contributed by atoms with van der Waals surface area (Å²) in [5.41, 5.74) is 1.62. The lowest BCUT2D eigenvalue weighted by molar-refractivity contribution is 0.0702. The number of carboxylic acid groups (broad SMARTS) is 1. The molecule has 0 bridgehead atoms. The second-order valence-electron chi connectivity index (χ2n) is 7.43. The van der Waals surface area contributed by atoms with Crippen LogP contribution in [0, 0.1) is 11.8 Å². The highest BCUT2D eigenvalue weighted by molar-refractivity contribution is 7.13. The summed E-state index contributed by atoms with van der Waals surface area (Å²) >= 11 is 13.9. The molecule has 3 N–H and O–H groups in total. The van der Waals surface area contributed by atoms with Gasteiger partial charge in [0.15, 0.2) is 0 Å². The van der Waals surface area contributed by atoms with Gasteiger partial charge in [-0.15, -0.1) is 22.9 Å². The van der Waals surface area contributed by atoms with Crippen molar-refractivity contribution in [2.75, 3.05) is 0 Å². The Bertz CT molecular complexity index is 879. The Balaban J connectivity index is 1.63. The number of benzene rings is 1. The van der Waals surface area contributed by atoms with Crippen molar-refractivity contribution in [2.24, 2.45) is 11.8 Å². The first kappa shape index (κ1) is 22.3. The van der Waals surface area contributed by atoms with Gasteiger partial charge >= 0.3 is 5.97 Å². The molecular weight excluding hydrogens is 431 g/mol. The molecule has 29 heavy (non-hydrogen) atoms. The lowest BCUT2D eigenvalue weighted by Crippen LogP contribution is -2.18. The number of rotatable bonds is 8. The van der Waals surface area contributed by atoms with Crippen molar-refractivity contribution < 1.29 is 20.1 Å². The van der Waals surface area contributed by atoms with E-state index >= 15 is 0 Å². The van der Waals surface area contributed by atoms with E-state index < -0.39 is 12.1 Å². The number of halogens is 2. The summed E-state index contributed by atoms with van der Waals surface area (Å²) in [4.78, 5) is 12.4. The highest BCUT2D eigenvalue weighted by Gasteiger charge is 2.39. The Morgan fingerprint density at radius 2 is 2.07 bits per heavy atom. The highest BCUT2D eigenvalue weighted by Crippen LogP contribution is 2.40. The predicted molar refractivity (Wildman–Crippen MR) is 118 cm³/mol. The van der Waals surface area contributed by atoms with Gasteiger partial charge in [0.05, 0.1) is 12.7 Å². The van der Waals surface area contributed by atoms with Gasteiger partial charge in [-0.05, 0) is 73.1 Å². The number of hydrogen-bond acceptors (Lipinski definition) is 4. The van der Waals surface area contributed by atoms with E-state index in [0.717, 1.165) is 35.3 Å². The Kier molecular flexibility index (Phi) is 7.77. The van der Waals surface area contributed by atoms with Crippen LogP contribution in [0.1, 0.15) is 44.9 Å². The number of carboxylic acids is 1. The van der Waals surface area contributed by atoms with Crippen molar-refractivity contribution in [3.8, 4) is 0 Å². The molecular formula is C22H24Cl2O4S. The fraction of sp³-hybridized carbons (Fsp3) is 0.409. The third-order valence-corrected chi connectivity index (χ3v) is 7.23. The molecule has 0 radical (unpaired) electrons. The van der Waals surface area contributed by atoms with E-state index in [2.05, 4.69) is 0 Å². The quantitative estimate of drug-likeness (QED) is 0.477. The van der Waals surface area contributed by atoms with Crippen LogP contribution >= 0.6 is 34.5 Å². The molecule has 7 heteroatoms. The molecule has 1 heterocycles. The smallest absolute Gasteiger partial charge is 0.345 e. The van der Waals surface area contributed by atoms with Gasteiger partial charge in [0.1, 0.15) is 4.88 Å². The summed E-state index contributed by atoms with van der Waals surface area (Å²) in [5.74, 6) is -0.790. The van der Waals surface area contributed by atoms with Crippen LogP contribution in [0.4, 0.5) is 0 Å². The molecule has 1 fully saturated rings. The largest absolute Gasteiger partial charge is 0.477 e. The molecule has 3 rings (SSSR count). The first-order valence-corrected chi connectivity index (χ1v) is 11.2. The SMILES string of the molecule is O=C(O)c1ccc(CCCC2[C@@H](/C=C/c3cc(Cl)cc(CO)c3)C(O)C[C@H]2Cl)s1. The molecule has 1 saturated carbocycles. The molecule has 0 saturated heterocycles. The van der Waals surface area contributed by atoms with Crippen LogP contribution in [0.15, 0.2) is 36.4 Å². The van der Waals surface area contributed by atoms with E-state index in [-0.39, 0.29) is 23.8 Å². The van der Waals surface area contributed by atoms with Gasteiger partial charge in [0.25, 0.3) is 0 Å². The molecule has 0 spiro atoms. The molecule has 156 valence electrons. The molecule has 2 unspecified atom stereocenters. The Labute approximate surface area is 184 Å². The lowest BCUT2D eigenvalue weighted by atomic mass is 9.89. The average Bonchev–Trinajstić information content (AvgIpc) is 3.25. The van der Waals surface area contributed by atoms with Crippen molar-refractivity contribution >= 4 is 46.6 Å². The Hall–Kier alpha value is -1.37. The summed E-state index contributed by atoms with van der Waals surface area (Å²) in [6, 6.07) is 8.92. The highest BCUT2D eigenvalue weighted by atomic mass is 35.5. The fourth-order valence-electron chi connectivity index (χ4n) is 3.96. The standard InChI is InChI=1S/C22H24Cl2O4S/c23-15-9-13(8-14(10-15)12-25)4-6-18-17(19(24)11-20(18)26)3-1-2-16-5-7-21(29-16)22(27)28/h4-10,17-20,25-26H,1-3,11-12H2,(H,27,28)/b6-4+/t17?,18-,19-,20?/m1/s1. The van der Waals surface area contributed by atoms with E-state index in [4.69, 9.17) is 28.3 Å². The zero-order chi connectivity index (χ0) is 21.0. The van der Waals surface area contributed by atoms with Crippen molar-refractivity contribution in [1.29, 1.82) is 0 Å². The molecule has 2 aromatic rings. The predicted octanol–water partition coefficient (Wildman–Crippen LogP) is 5.23. The maximum Gasteiger partial charge on any atom is 0.345 e. The minimum absolute atomic E-state index is 0.0491. The number of aliphatic hydroxyl groups excluding tert-OH is 2. The zero-order valence-electron chi connectivity index (χ0n) is 15.8. The molecule has 0 amide bonds. The monoisotopic (exact) mass is 454 g/mol. The van der Waals surface area contributed by atoms with Crippen molar-refractivity contribution in [3.05, 3.63) is 62.3 Å². The first-order valence-electron chi connectivity index (χ1n) is 9.60. The van der Waals surface area contributed by atoms with Crippen molar-refractivity contribution in [2.45, 2.75) is 43.8 Å². The van der Waals surface area contributed by atoms with Crippen LogP contribution in [0.5, 0.6) is 0 Å².